The standard InChI is InChI=1S/C10H8INO3S/c1-2-15-10(14)6-4-12-9-5(8(6)13)3-7(11)16-9/h3-4H,2H2,1H3,(H,12,13). The summed E-state index contributed by atoms with van der Waals surface area (Å²) < 4.78 is 5.84. The number of halogens is 1. The van der Waals surface area contributed by atoms with E-state index in [1.807, 2.05) is 0 Å². The Balaban J connectivity index is 2.55. The molecule has 0 aliphatic rings. The average Bonchev–Trinajstić information content (AvgIpc) is 2.60. The van der Waals surface area contributed by atoms with Crippen LogP contribution in [-0.4, -0.2) is 22.7 Å². The van der Waals surface area contributed by atoms with Crippen LogP contribution in [0.25, 0.3) is 10.2 Å². The SMILES string of the molecule is CCOC(=O)c1cnc2sc(I)cc2c1O. The van der Waals surface area contributed by atoms with E-state index in [-0.39, 0.29) is 17.9 Å². The van der Waals surface area contributed by atoms with Gasteiger partial charge in [0, 0.05) is 6.20 Å². The van der Waals surface area contributed by atoms with Gasteiger partial charge >= 0.3 is 5.97 Å². The molecule has 16 heavy (non-hydrogen) atoms. The van der Waals surface area contributed by atoms with Crippen LogP contribution in [0.1, 0.15) is 17.3 Å². The molecule has 0 aliphatic heterocycles. The largest absolute Gasteiger partial charge is 0.506 e. The van der Waals surface area contributed by atoms with Gasteiger partial charge in [-0.2, -0.15) is 0 Å². The second kappa shape index (κ2) is 4.54. The van der Waals surface area contributed by atoms with Gasteiger partial charge in [0.2, 0.25) is 0 Å². The van der Waals surface area contributed by atoms with Crippen molar-refractivity contribution in [1.29, 1.82) is 0 Å². The van der Waals surface area contributed by atoms with Crippen LogP contribution in [0.4, 0.5) is 0 Å². The van der Waals surface area contributed by atoms with Crippen LogP contribution in [0.2, 0.25) is 0 Å². The third kappa shape index (κ3) is 1.99. The van der Waals surface area contributed by atoms with Gasteiger partial charge in [0.05, 0.1) is 14.9 Å². The Labute approximate surface area is 109 Å². The van der Waals surface area contributed by atoms with Gasteiger partial charge in [0.1, 0.15) is 16.1 Å². The number of carbonyl (C=O) groups is 1. The molecule has 0 atom stereocenters. The normalized spacial score (nSPS) is 10.6. The second-order valence-electron chi connectivity index (χ2n) is 3.01. The van der Waals surface area contributed by atoms with Crippen molar-refractivity contribution in [2.45, 2.75) is 6.92 Å². The van der Waals surface area contributed by atoms with Crippen LogP contribution in [0.15, 0.2) is 12.3 Å². The number of nitrogens with zero attached hydrogens (tertiary/aromatic N) is 1. The molecule has 6 heteroatoms. The van der Waals surface area contributed by atoms with Crippen LogP contribution in [-0.2, 0) is 4.74 Å². The van der Waals surface area contributed by atoms with Crippen molar-refractivity contribution >= 4 is 50.1 Å². The minimum atomic E-state index is -0.546. The van der Waals surface area contributed by atoms with Crippen molar-refractivity contribution in [3.8, 4) is 5.75 Å². The monoisotopic (exact) mass is 349 g/mol. The number of esters is 1. The number of aromatic nitrogens is 1. The smallest absolute Gasteiger partial charge is 0.343 e. The molecule has 2 aromatic rings. The van der Waals surface area contributed by atoms with Gasteiger partial charge in [-0.1, -0.05) is 0 Å². The maximum Gasteiger partial charge on any atom is 0.343 e. The molecule has 0 saturated carbocycles. The maximum absolute atomic E-state index is 11.5. The fourth-order valence-corrected chi connectivity index (χ4v) is 2.97. The Bertz CT molecular complexity index is 552. The molecule has 0 unspecified atom stereocenters. The van der Waals surface area contributed by atoms with Gasteiger partial charge in [-0.3, -0.25) is 0 Å². The Kier molecular flexibility index (Phi) is 3.29. The number of fused-ring (bicyclic) bond motifs is 1. The molecular weight excluding hydrogens is 341 g/mol. The van der Waals surface area contributed by atoms with Crippen LogP contribution in [0.3, 0.4) is 0 Å². The highest BCUT2D eigenvalue weighted by atomic mass is 127. The number of rotatable bonds is 2. The third-order valence-corrected chi connectivity index (χ3v) is 3.80. The van der Waals surface area contributed by atoms with Crippen LogP contribution < -0.4 is 0 Å². The molecule has 0 radical (unpaired) electrons. The van der Waals surface area contributed by atoms with E-state index in [9.17, 15) is 9.90 Å². The first kappa shape index (κ1) is 11.6. The first-order chi connectivity index (χ1) is 7.63. The van der Waals surface area contributed by atoms with Crippen molar-refractivity contribution in [3.63, 3.8) is 0 Å². The lowest BCUT2D eigenvalue weighted by Gasteiger charge is -2.03. The van der Waals surface area contributed by atoms with E-state index < -0.39 is 5.97 Å². The summed E-state index contributed by atoms with van der Waals surface area (Å²) in [6, 6.07) is 1.80. The zero-order chi connectivity index (χ0) is 11.7. The molecule has 1 N–H and O–H groups in total. The second-order valence-corrected chi connectivity index (χ2v) is 5.94. The lowest BCUT2D eigenvalue weighted by molar-refractivity contribution is 0.0523. The molecule has 2 aromatic heterocycles. The van der Waals surface area contributed by atoms with Crippen LogP contribution in [0, 0.1) is 2.88 Å². The first-order valence-corrected chi connectivity index (χ1v) is 6.47. The van der Waals surface area contributed by atoms with Gasteiger partial charge in [-0.05, 0) is 35.6 Å². The van der Waals surface area contributed by atoms with E-state index in [4.69, 9.17) is 4.74 Å². The fourth-order valence-electron chi connectivity index (χ4n) is 1.31. The molecule has 0 fully saturated rings. The molecule has 0 saturated heterocycles. The highest BCUT2D eigenvalue weighted by Gasteiger charge is 2.17. The summed E-state index contributed by atoms with van der Waals surface area (Å²) in [5.74, 6) is -0.599. The number of thiophene rings is 1. The maximum atomic E-state index is 11.5. The van der Waals surface area contributed by atoms with E-state index in [2.05, 4.69) is 27.6 Å². The van der Waals surface area contributed by atoms with Crippen molar-refractivity contribution in [2.24, 2.45) is 0 Å². The highest BCUT2D eigenvalue weighted by molar-refractivity contribution is 14.1. The molecule has 2 rings (SSSR count). The Hall–Kier alpha value is -0.890. The zero-order valence-corrected chi connectivity index (χ0v) is 11.3. The molecule has 2 heterocycles. The lowest BCUT2D eigenvalue weighted by Crippen LogP contribution is -2.05. The molecule has 0 aliphatic carbocycles. The van der Waals surface area contributed by atoms with E-state index in [1.165, 1.54) is 17.5 Å². The minimum Gasteiger partial charge on any atom is -0.506 e. The summed E-state index contributed by atoms with van der Waals surface area (Å²) in [6.07, 6.45) is 1.35. The molecule has 4 nitrogen and oxygen atoms in total. The summed E-state index contributed by atoms with van der Waals surface area (Å²) >= 11 is 3.61. The Morgan fingerprint density at radius 3 is 3.12 bits per heavy atom. The minimum absolute atomic E-state index is 0.0531. The quantitative estimate of drug-likeness (QED) is 0.669. The van der Waals surface area contributed by atoms with Crippen LogP contribution in [0.5, 0.6) is 5.75 Å². The summed E-state index contributed by atoms with van der Waals surface area (Å²) in [5.41, 5.74) is 0.114. The molecule has 0 aromatic carbocycles. The highest BCUT2D eigenvalue weighted by Crippen LogP contribution is 2.33. The van der Waals surface area contributed by atoms with Gasteiger partial charge in [-0.25, -0.2) is 9.78 Å². The number of ether oxygens (including phenoxy) is 1. The van der Waals surface area contributed by atoms with E-state index >= 15 is 0 Å². The van der Waals surface area contributed by atoms with Crippen molar-refractivity contribution < 1.29 is 14.6 Å². The molecular formula is C10H8INO3S. The van der Waals surface area contributed by atoms with Crippen LogP contribution >= 0.6 is 33.9 Å². The van der Waals surface area contributed by atoms with E-state index in [0.29, 0.717) is 5.39 Å². The molecule has 0 amide bonds. The fraction of sp³-hybridized carbons (Fsp3) is 0.200. The molecule has 0 bridgehead atoms. The number of hydrogen-bond donors (Lipinski definition) is 1. The molecule has 84 valence electrons. The van der Waals surface area contributed by atoms with Gasteiger partial charge < -0.3 is 9.84 Å². The first-order valence-electron chi connectivity index (χ1n) is 4.57. The van der Waals surface area contributed by atoms with E-state index in [0.717, 1.165) is 7.71 Å². The summed E-state index contributed by atoms with van der Waals surface area (Å²) in [7, 11) is 0. The lowest BCUT2D eigenvalue weighted by atomic mass is 10.2. The predicted molar refractivity (Wildman–Crippen MR) is 70.0 cm³/mol. The van der Waals surface area contributed by atoms with Gasteiger partial charge in [0.15, 0.2) is 0 Å². The predicted octanol–water partition coefficient (Wildman–Crippen LogP) is 2.78. The number of hydrogen-bond acceptors (Lipinski definition) is 5. The summed E-state index contributed by atoms with van der Waals surface area (Å²) in [5, 5.41) is 10.5. The van der Waals surface area contributed by atoms with Gasteiger partial charge in [0.25, 0.3) is 0 Å². The van der Waals surface area contributed by atoms with Crippen molar-refractivity contribution in [1.82, 2.24) is 4.98 Å². The van der Waals surface area contributed by atoms with Crippen molar-refractivity contribution in [3.05, 3.63) is 20.7 Å². The Morgan fingerprint density at radius 1 is 1.69 bits per heavy atom. The van der Waals surface area contributed by atoms with Gasteiger partial charge in [-0.15, -0.1) is 11.3 Å². The number of carbonyl (C=O) groups excluding carboxylic acids is 1. The summed E-state index contributed by atoms with van der Waals surface area (Å²) in [6.45, 7) is 1.99. The van der Waals surface area contributed by atoms with E-state index in [1.54, 1.807) is 13.0 Å². The average molecular weight is 349 g/mol. The molecule has 0 spiro atoms. The third-order valence-electron chi connectivity index (χ3n) is 2.00. The van der Waals surface area contributed by atoms with Crippen molar-refractivity contribution in [2.75, 3.05) is 6.61 Å². The zero-order valence-electron chi connectivity index (χ0n) is 8.36. The number of pyridine rings is 1. The number of aromatic hydroxyl groups is 1. The topological polar surface area (TPSA) is 59.4 Å². The Morgan fingerprint density at radius 2 is 2.44 bits per heavy atom. The summed E-state index contributed by atoms with van der Waals surface area (Å²) in [4.78, 5) is 16.3.